The molecule has 5 heteroatoms. The van der Waals surface area contributed by atoms with Crippen LogP contribution < -0.4 is 10.5 Å². The third kappa shape index (κ3) is 3.20. The number of benzene rings is 3. The van der Waals surface area contributed by atoms with Crippen LogP contribution >= 0.6 is 0 Å². The van der Waals surface area contributed by atoms with Crippen molar-refractivity contribution in [1.29, 1.82) is 0 Å². The lowest BCUT2D eigenvalue weighted by Gasteiger charge is -2.05. The highest BCUT2D eigenvalue weighted by atomic mass is 16.7. The zero-order valence-electron chi connectivity index (χ0n) is 13.1. The molecule has 0 aromatic heterocycles. The first-order chi connectivity index (χ1) is 11.7. The summed E-state index contributed by atoms with van der Waals surface area (Å²) in [5.74, 6) is 0.272. The summed E-state index contributed by atoms with van der Waals surface area (Å²) in [5.41, 5.74) is 6.94. The first-order valence-electron chi connectivity index (χ1n) is 7.36. The first kappa shape index (κ1) is 15.6. The van der Waals surface area contributed by atoms with Crippen molar-refractivity contribution < 1.29 is 14.4 Å². The summed E-state index contributed by atoms with van der Waals surface area (Å²) >= 11 is 0. The fraction of sp³-hybridized carbons (Fsp3) is 0.0526. The highest BCUT2D eigenvalue weighted by molar-refractivity contribution is 6.05. The Labute approximate surface area is 139 Å². The summed E-state index contributed by atoms with van der Waals surface area (Å²) in [6.45, 7) is 0. The molecule has 0 radical (unpaired) electrons. The smallest absolute Gasteiger partial charge is 0.366 e. The monoisotopic (exact) mass is 320 g/mol. The van der Waals surface area contributed by atoms with Gasteiger partial charge in [0.2, 0.25) is 0 Å². The SMILES string of the molecule is COc1ccc(/C(N)=N/OC(=O)c2cccc3ccccc23)cc1. The first-order valence-corrected chi connectivity index (χ1v) is 7.36. The maximum atomic E-state index is 12.3. The maximum absolute atomic E-state index is 12.3. The van der Waals surface area contributed by atoms with Crippen molar-refractivity contribution >= 4 is 22.6 Å². The molecular formula is C19H16N2O3. The zero-order chi connectivity index (χ0) is 16.9. The molecule has 0 heterocycles. The van der Waals surface area contributed by atoms with Gasteiger partial charge in [-0.15, -0.1) is 0 Å². The molecule has 5 nitrogen and oxygen atoms in total. The summed E-state index contributed by atoms with van der Waals surface area (Å²) in [5, 5.41) is 5.50. The number of methoxy groups -OCH3 is 1. The number of carbonyl (C=O) groups excluding carboxylic acids is 1. The zero-order valence-corrected chi connectivity index (χ0v) is 13.1. The van der Waals surface area contributed by atoms with E-state index in [-0.39, 0.29) is 5.84 Å². The number of hydrogen-bond acceptors (Lipinski definition) is 4. The van der Waals surface area contributed by atoms with Crippen LogP contribution in [0.2, 0.25) is 0 Å². The predicted molar refractivity (Wildman–Crippen MR) is 93.1 cm³/mol. The molecule has 0 fully saturated rings. The molecule has 0 spiro atoms. The molecule has 0 saturated carbocycles. The van der Waals surface area contributed by atoms with E-state index in [9.17, 15) is 4.79 Å². The van der Waals surface area contributed by atoms with E-state index < -0.39 is 5.97 Å². The van der Waals surface area contributed by atoms with Crippen LogP contribution in [0, 0.1) is 0 Å². The Morgan fingerprint density at radius 1 is 0.958 bits per heavy atom. The van der Waals surface area contributed by atoms with Gasteiger partial charge in [0.1, 0.15) is 5.75 Å². The number of nitrogens with two attached hydrogens (primary N) is 1. The van der Waals surface area contributed by atoms with Crippen molar-refractivity contribution in [3.8, 4) is 5.75 Å². The summed E-state index contributed by atoms with van der Waals surface area (Å²) in [4.78, 5) is 17.3. The number of nitrogens with zero attached hydrogens (tertiary/aromatic N) is 1. The van der Waals surface area contributed by atoms with Crippen molar-refractivity contribution in [1.82, 2.24) is 0 Å². The normalized spacial score (nSPS) is 11.3. The summed E-state index contributed by atoms with van der Waals surface area (Å²) in [6, 6.07) is 20.0. The summed E-state index contributed by atoms with van der Waals surface area (Å²) < 4.78 is 5.08. The Hall–Kier alpha value is -3.34. The van der Waals surface area contributed by atoms with Gasteiger partial charge >= 0.3 is 5.97 Å². The Balaban J connectivity index is 1.80. The van der Waals surface area contributed by atoms with E-state index in [1.165, 1.54) is 0 Å². The summed E-state index contributed by atoms with van der Waals surface area (Å²) in [6.07, 6.45) is 0. The van der Waals surface area contributed by atoms with Crippen molar-refractivity contribution in [2.24, 2.45) is 10.9 Å². The standard InChI is InChI=1S/C19H16N2O3/c1-23-15-11-9-14(10-12-15)18(20)21-24-19(22)17-8-4-6-13-5-2-3-7-16(13)17/h2-12H,1H3,(H2,20,21). The Morgan fingerprint density at radius 2 is 1.67 bits per heavy atom. The molecular weight excluding hydrogens is 304 g/mol. The molecule has 3 aromatic rings. The van der Waals surface area contributed by atoms with Gasteiger partial charge in [-0.2, -0.15) is 0 Å². The molecule has 3 aromatic carbocycles. The molecule has 0 aliphatic rings. The van der Waals surface area contributed by atoms with Crippen LogP contribution in [0.1, 0.15) is 15.9 Å². The lowest BCUT2D eigenvalue weighted by atomic mass is 10.1. The van der Waals surface area contributed by atoms with Crippen LogP contribution in [0.5, 0.6) is 5.75 Å². The van der Waals surface area contributed by atoms with Gasteiger partial charge < -0.3 is 15.3 Å². The lowest BCUT2D eigenvalue weighted by molar-refractivity contribution is 0.0518. The number of rotatable bonds is 4. The van der Waals surface area contributed by atoms with E-state index in [0.29, 0.717) is 16.9 Å². The molecule has 2 N–H and O–H groups in total. The van der Waals surface area contributed by atoms with Gasteiger partial charge in [0.15, 0.2) is 5.84 Å². The van der Waals surface area contributed by atoms with Crippen LogP contribution in [0.25, 0.3) is 10.8 Å². The van der Waals surface area contributed by atoms with Crippen LogP contribution in [0.4, 0.5) is 0 Å². The number of carbonyl (C=O) groups is 1. The van der Waals surface area contributed by atoms with E-state index in [2.05, 4.69) is 5.16 Å². The Kier molecular flexibility index (Phi) is 4.43. The number of amidine groups is 1. The molecule has 0 amide bonds. The second-order valence-corrected chi connectivity index (χ2v) is 5.11. The molecule has 0 atom stereocenters. The second-order valence-electron chi connectivity index (χ2n) is 5.11. The molecule has 120 valence electrons. The van der Waals surface area contributed by atoms with Crippen LogP contribution in [0.15, 0.2) is 71.9 Å². The second kappa shape index (κ2) is 6.83. The molecule has 0 bridgehead atoms. The number of oxime groups is 1. The van der Waals surface area contributed by atoms with E-state index in [1.807, 2.05) is 30.3 Å². The number of fused-ring (bicyclic) bond motifs is 1. The molecule has 0 aliphatic heterocycles. The van der Waals surface area contributed by atoms with Crippen molar-refractivity contribution in [3.63, 3.8) is 0 Å². The molecule has 0 aliphatic carbocycles. The minimum Gasteiger partial charge on any atom is -0.497 e. The van der Waals surface area contributed by atoms with Crippen LogP contribution in [-0.2, 0) is 4.84 Å². The van der Waals surface area contributed by atoms with Crippen molar-refractivity contribution in [3.05, 3.63) is 77.9 Å². The minimum absolute atomic E-state index is 0.117. The summed E-state index contributed by atoms with van der Waals surface area (Å²) in [7, 11) is 1.58. The topological polar surface area (TPSA) is 73.9 Å². The highest BCUT2D eigenvalue weighted by Gasteiger charge is 2.11. The Bertz CT molecular complexity index is 897. The van der Waals surface area contributed by atoms with E-state index in [1.54, 1.807) is 43.5 Å². The van der Waals surface area contributed by atoms with E-state index >= 15 is 0 Å². The largest absolute Gasteiger partial charge is 0.497 e. The van der Waals surface area contributed by atoms with Crippen molar-refractivity contribution in [2.45, 2.75) is 0 Å². The minimum atomic E-state index is -0.553. The van der Waals surface area contributed by atoms with Crippen LogP contribution in [-0.4, -0.2) is 18.9 Å². The van der Waals surface area contributed by atoms with Crippen LogP contribution in [0.3, 0.4) is 0 Å². The number of ether oxygens (including phenoxy) is 1. The average molecular weight is 320 g/mol. The third-order valence-electron chi connectivity index (χ3n) is 3.62. The molecule has 0 saturated heterocycles. The fourth-order valence-corrected chi connectivity index (χ4v) is 2.36. The highest BCUT2D eigenvalue weighted by Crippen LogP contribution is 2.19. The van der Waals surface area contributed by atoms with Gasteiger partial charge in [-0.05, 0) is 41.1 Å². The molecule has 0 unspecified atom stereocenters. The quantitative estimate of drug-likeness (QED) is 0.346. The Morgan fingerprint density at radius 3 is 2.42 bits per heavy atom. The van der Waals surface area contributed by atoms with Crippen molar-refractivity contribution in [2.75, 3.05) is 7.11 Å². The van der Waals surface area contributed by atoms with Gasteiger partial charge in [-0.1, -0.05) is 41.6 Å². The van der Waals surface area contributed by atoms with Gasteiger partial charge in [0.05, 0.1) is 12.7 Å². The molecule has 3 rings (SSSR count). The lowest BCUT2D eigenvalue weighted by Crippen LogP contribution is -2.15. The predicted octanol–water partition coefficient (Wildman–Crippen LogP) is 3.33. The van der Waals surface area contributed by atoms with E-state index in [0.717, 1.165) is 10.8 Å². The van der Waals surface area contributed by atoms with Gasteiger partial charge in [0.25, 0.3) is 0 Å². The average Bonchev–Trinajstić information content (AvgIpc) is 2.65. The molecule has 24 heavy (non-hydrogen) atoms. The van der Waals surface area contributed by atoms with E-state index in [4.69, 9.17) is 15.3 Å². The van der Waals surface area contributed by atoms with Gasteiger partial charge in [0, 0.05) is 5.56 Å². The third-order valence-corrected chi connectivity index (χ3v) is 3.62. The number of hydrogen-bond donors (Lipinski definition) is 1. The van der Waals surface area contributed by atoms with Gasteiger partial charge in [-0.25, -0.2) is 4.79 Å². The maximum Gasteiger partial charge on any atom is 0.366 e. The fourth-order valence-electron chi connectivity index (χ4n) is 2.36. The van der Waals surface area contributed by atoms with Gasteiger partial charge in [-0.3, -0.25) is 0 Å².